The van der Waals surface area contributed by atoms with Gasteiger partial charge in [0.25, 0.3) is 0 Å². The fraction of sp³-hybridized carbons (Fsp3) is 0.571. The van der Waals surface area contributed by atoms with Crippen molar-refractivity contribution in [3.63, 3.8) is 0 Å². The number of nitriles is 1. The molecule has 102 valence electrons. The molecule has 1 aromatic heterocycles. The van der Waals surface area contributed by atoms with Crippen LogP contribution in [-0.2, 0) is 21.4 Å². The third kappa shape index (κ3) is 2.00. The lowest BCUT2D eigenvalue weighted by molar-refractivity contribution is -0.151. The number of carbonyl (C=O) groups is 1. The minimum Gasteiger partial charge on any atom is -0.465 e. The second kappa shape index (κ2) is 5.22. The first-order valence-electron chi connectivity index (χ1n) is 6.59. The van der Waals surface area contributed by atoms with Crippen LogP contribution in [-0.4, -0.2) is 12.6 Å². The van der Waals surface area contributed by atoms with Crippen molar-refractivity contribution in [3.05, 3.63) is 16.0 Å². The molecule has 4 nitrogen and oxygen atoms in total. The standard InChI is InChI=1S/C14H18N2O2S/c1-3-14(13(17)18-4-2)7-5-6-10-11(14)9(8-15)12(16)19-10/h3-7,16H2,1-2H3/t14-/m1/s1. The number of nitrogens with zero attached hydrogens (tertiary/aromatic N) is 1. The summed E-state index contributed by atoms with van der Waals surface area (Å²) in [6.07, 6.45) is 3.21. The predicted octanol–water partition coefficient (Wildman–Crippen LogP) is 2.75. The molecule has 0 spiro atoms. The maximum atomic E-state index is 12.4. The Morgan fingerprint density at radius 1 is 1.58 bits per heavy atom. The van der Waals surface area contributed by atoms with Crippen LogP contribution in [0.15, 0.2) is 0 Å². The number of hydrogen-bond donors (Lipinski definition) is 1. The number of fused-ring (bicyclic) bond motifs is 1. The summed E-state index contributed by atoms with van der Waals surface area (Å²) in [6.45, 7) is 4.14. The molecule has 19 heavy (non-hydrogen) atoms. The van der Waals surface area contributed by atoms with E-state index < -0.39 is 5.41 Å². The van der Waals surface area contributed by atoms with E-state index in [0.717, 1.165) is 29.7 Å². The average molecular weight is 278 g/mol. The minimum atomic E-state index is -0.678. The molecule has 0 saturated carbocycles. The van der Waals surface area contributed by atoms with Gasteiger partial charge in [-0.15, -0.1) is 11.3 Å². The van der Waals surface area contributed by atoms with Crippen molar-refractivity contribution in [1.29, 1.82) is 5.26 Å². The summed E-state index contributed by atoms with van der Waals surface area (Å²) in [4.78, 5) is 13.5. The van der Waals surface area contributed by atoms with E-state index in [-0.39, 0.29) is 5.97 Å². The van der Waals surface area contributed by atoms with Gasteiger partial charge in [-0.1, -0.05) is 6.92 Å². The van der Waals surface area contributed by atoms with Crippen molar-refractivity contribution in [1.82, 2.24) is 0 Å². The van der Waals surface area contributed by atoms with Gasteiger partial charge >= 0.3 is 5.97 Å². The maximum absolute atomic E-state index is 12.4. The molecule has 0 aromatic carbocycles. The van der Waals surface area contributed by atoms with Gasteiger partial charge in [-0.25, -0.2) is 0 Å². The summed E-state index contributed by atoms with van der Waals surface area (Å²) in [7, 11) is 0. The second-order valence-electron chi connectivity index (χ2n) is 4.76. The highest BCUT2D eigenvalue weighted by molar-refractivity contribution is 7.16. The molecule has 0 aliphatic heterocycles. The number of anilines is 1. The molecule has 5 heteroatoms. The molecule has 0 saturated heterocycles. The van der Waals surface area contributed by atoms with E-state index >= 15 is 0 Å². The monoisotopic (exact) mass is 278 g/mol. The number of aryl methyl sites for hydroxylation is 1. The first-order valence-corrected chi connectivity index (χ1v) is 7.41. The van der Waals surface area contributed by atoms with Crippen molar-refractivity contribution >= 4 is 22.3 Å². The zero-order valence-corrected chi connectivity index (χ0v) is 12.1. The van der Waals surface area contributed by atoms with Crippen LogP contribution in [0.25, 0.3) is 0 Å². The lowest BCUT2D eigenvalue weighted by atomic mass is 9.69. The summed E-state index contributed by atoms with van der Waals surface area (Å²) in [5, 5.41) is 9.85. The lowest BCUT2D eigenvalue weighted by Gasteiger charge is -2.34. The van der Waals surface area contributed by atoms with Crippen molar-refractivity contribution < 1.29 is 9.53 Å². The Morgan fingerprint density at radius 3 is 2.89 bits per heavy atom. The van der Waals surface area contributed by atoms with E-state index in [0.29, 0.717) is 23.6 Å². The van der Waals surface area contributed by atoms with Gasteiger partial charge in [0.2, 0.25) is 0 Å². The lowest BCUT2D eigenvalue weighted by Crippen LogP contribution is -2.40. The first-order chi connectivity index (χ1) is 9.10. The smallest absolute Gasteiger partial charge is 0.316 e. The zero-order valence-electron chi connectivity index (χ0n) is 11.3. The van der Waals surface area contributed by atoms with Crippen LogP contribution in [0.1, 0.15) is 49.1 Å². The van der Waals surface area contributed by atoms with Crippen molar-refractivity contribution in [2.45, 2.75) is 44.9 Å². The predicted molar refractivity (Wildman–Crippen MR) is 75.0 cm³/mol. The molecule has 0 radical (unpaired) electrons. The van der Waals surface area contributed by atoms with E-state index in [1.54, 1.807) is 6.92 Å². The van der Waals surface area contributed by atoms with Crippen LogP contribution in [0.4, 0.5) is 5.00 Å². The maximum Gasteiger partial charge on any atom is 0.316 e. The van der Waals surface area contributed by atoms with Crippen molar-refractivity contribution in [2.24, 2.45) is 0 Å². The Labute approximate surface area is 117 Å². The van der Waals surface area contributed by atoms with Crippen LogP contribution in [0.3, 0.4) is 0 Å². The molecule has 0 bridgehead atoms. The first kappa shape index (κ1) is 13.9. The molecule has 0 unspecified atom stereocenters. The number of nitrogen functional groups attached to an aromatic ring is 1. The van der Waals surface area contributed by atoms with E-state index in [2.05, 4.69) is 6.07 Å². The van der Waals surface area contributed by atoms with Crippen molar-refractivity contribution in [3.8, 4) is 6.07 Å². The Bertz CT molecular complexity index is 544. The van der Waals surface area contributed by atoms with Crippen LogP contribution in [0.5, 0.6) is 0 Å². The Morgan fingerprint density at radius 2 is 2.32 bits per heavy atom. The van der Waals surface area contributed by atoms with E-state index in [1.165, 1.54) is 11.3 Å². The van der Waals surface area contributed by atoms with Gasteiger partial charge in [-0.3, -0.25) is 4.79 Å². The fourth-order valence-corrected chi connectivity index (χ4v) is 4.10. The highest BCUT2D eigenvalue weighted by Gasteiger charge is 2.46. The van der Waals surface area contributed by atoms with Gasteiger partial charge in [-0.2, -0.15) is 5.26 Å². The highest BCUT2D eigenvalue weighted by Crippen LogP contribution is 2.47. The molecule has 1 aliphatic rings. The quantitative estimate of drug-likeness (QED) is 0.862. The third-order valence-electron chi connectivity index (χ3n) is 3.88. The molecule has 1 atom stereocenters. The largest absolute Gasteiger partial charge is 0.465 e. The van der Waals surface area contributed by atoms with E-state index in [9.17, 15) is 10.1 Å². The van der Waals surface area contributed by atoms with Crippen molar-refractivity contribution in [2.75, 3.05) is 12.3 Å². The number of esters is 1. The number of nitrogens with two attached hydrogens (primary N) is 1. The summed E-state index contributed by atoms with van der Waals surface area (Å²) in [5.74, 6) is -0.215. The number of rotatable bonds is 3. The SMILES string of the molecule is CCOC(=O)[C@]1(CC)CCCc2sc(N)c(C#N)c21. The van der Waals surface area contributed by atoms with Crippen LogP contribution < -0.4 is 5.73 Å². The van der Waals surface area contributed by atoms with E-state index in [4.69, 9.17) is 10.5 Å². The van der Waals surface area contributed by atoms with Crippen LogP contribution in [0.2, 0.25) is 0 Å². The molecule has 0 fully saturated rings. The average Bonchev–Trinajstić information content (AvgIpc) is 2.74. The Kier molecular flexibility index (Phi) is 3.81. The van der Waals surface area contributed by atoms with E-state index in [1.807, 2.05) is 6.92 Å². The number of ether oxygens (including phenoxy) is 1. The second-order valence-corrected chi connectivity index (χ2v) is 5.90. The van der Waals surface area contributed by atoms with Gasteiger partial charge in [0, 0.05) is 10.4 Å². The summed E-state index contributed by atoms with van der Waals surface area (Å²) in [5.41, 5.74) is 6.57. The molecule has 2 N–H and O–H groups in total. The van der Waals surface area contributed by atoms with Gasteiger partial charge in [0.1, 0.15) is 11.1 Å². The minimum absolute atomic E-state index is 0.215. The Hall–Kier alpha value is -1.54. The molecule has 2 rings (SSSR count). The fourth-order valence-electron chi connectivity index (χ4n) is 2.94. The normalized spacial score (nSPS) is 21.5. The van der Waals surface area contributed by atoms with Crippen LogP contribution in [0, 0.1) is 11.3 Å². The molecule has 0 amide bonds. The highest BCUT2D eigenvalue weighted by atomic mass is 32.1. The molecular weight excluding hydrogens is 260 g/mol. The number of thiophene rings is 1. The van der Waals surface area contributed by atoms with Gasteiger partial charge < -0.3 is 10.5 Å². The number of hydrogen-bond acceptors (Lipinski definition) is 5. The summed E-state index contributed by atoms with van der Waals surface area (Å²) < 4.78 is 5.26. The molecule has 1 heterocycles. The van der Waals surface area contributed by atoms with Gasteiger partial charge in [0.05, 0.1) is 17.6 Å². The topological polar surface area (TPSA) is 76.1 Å². The van der Waals surface area contributed by atoms with Gasteiger partial charge in [-0.05, 0) is 32.6 Å². The van der Waals surface area contributed by atoms with Crippen LogP contribution >= 0.6 is 11.3 Å². The number of carbonyl (C=O) groups excluding carboxylic acids is 1. The summed E-state index contributed by atoms with van der Waals surface area (Å²) in [6, 6.07) is 2.17. The molecule has 1 aromatic rings. The third-order valence-corrected chi connectivity index (χ3v) is 4.95. The summed E-state index contributed by atoms with van der Waals surface area (Å²) >= 11 is 1.44. The van der Waals surface area contributed by atoms with Gasteiger partial charge in [0.15, 0.2) is 0 Å². The Balaban J connectivity index is 2.62. The molecule has 1 aliphatic carbocycles. The zero-order chi connectivity index (χ0) is 14.0. The molecular formula is C14H18N2O2S.